The number of anilines is 1. The molecule has 0 fully saturated rings. The number of methoxy groups -OCH3 is 2. The lowest BCUT2D eigenvalue weighted by Gasteiger charge is -2.26. The molecule has 0 radical (unpaired) electrons. The third-order valence-electron chi connectivity index (χ3n) is 4.59. The molecule has 6 heteroatoms. The van der Waals surface area contributed by atoms with E-state index in [1.54, 1.807) is 25.6 Å². The van der Waals surface area contributed by atoms with Crippen molar-refractivity contribution in [1.82, 2.24) is 0 Å². The second-order valence-corrected chi connectivity index (χ2v) is 7.53. The van der Waals surface area contributed by atoms with Crippen molar-refractivity contribution in [2.24, 2.45) is 5.10 Å². The fourth-order valence-electron chi connectivity index (χ4n) is 3.39. The lowest BCUT2D eigenvalue weighted by atomic mass is 9.98. The van der Waals surface area contributed by atoms with Gasteiger partial charge in [-0.3, -0.25) is 5.01 Å². The van der Waals surface area contributed by atoms with Crippen molar-refractivity contribution in [2.45, 2.75) is 12.5 Å². The van der Waals surface area contributed by atoms with E-state index in [-0.39, 0.29) is 6.04 Å². The van der Waals surface area contributed by atoms with Crippen LogP contribution in [0.2, 0.25) is 5.02 Å². The highest BCUT2D eigenvalue weighted by Crippen LogP contribution is 2.44. The van der Waals surface area contributed by atoms with Gasteiger partial charge in [0.2, 0.25) is 0 Å². The summed E-state index contributed by atoms with van der Waals surface area (Å²) in [6.45, 7) is 0. The normalized spacial score (nSPS) is 16.3. The van der Waals surface area contributed by atoms with Gasteiger partial charge < -0.3 is 9.47 Å². The number of nitrogens with zero attached hydrogens (tertiary/aromatic N) is 2. The minimum Gasteiger partial charge on any atom is -0.496 e. The van der Waals surface area contributed by atoms with E-state index < -0.39 is 0 Å². The first-order valence-corrected chi connectivity index (χ1v) is 9.84. The Labute approximate surface area is 167 Å². The summed E-state index contributed by atoms with van der Waals surface area (Å²) < 4.78 is 11.3. The van der Waals surface area contributed by atoms with Crippen LogP contribution in [0.1, 0.15) is 22.9 Å². The van der Waals surface area contributed by atoms with Crippen molar-refractivity contribution >= 4 is 34.3 Å². The fourth-order valence-corrected chi connectivity index (χ4v) is 4.30. The van der Waals surface area contributed by atoms with E-state index in [1.807, 2.05) is 53.5 Å². The van der Waals surface area contributed by atoms with Gasteiger partial charge in [-0.15, -0.1) is 11.3 Å². The summed E-state index contributed by atoms with van der Waals surface area (Å²) in [7, 11) is 3.36. The van der Waals surface area contributed by atoms with Gasteiger partial charge in [-0.05, 0) is 41.8 Å². The van der Waals surface area contributed by atoms with E-state index in [9.17, 15) is 0 Å². The van der Waals surface area contributed by atoms with Crippen LogP contribution < -0.4 is 14.5 Å². The minimum atomic E-state index is -0.0494. The number of ether oxygens (including phenoxy) is 2. The Morgan fingerprint density at radius 2 is 1.78 bits per heavy atom. The number of halogens is 1. The molecule has 138 valence electrons. The number of thiophene rings is 1. The smallest absolute Gasteiger partial charge is 0.127 e. The van der Waals surface area contributed by atoms with Crippen LogP contribution in [-0.4, -0.2) is 19.9 Å². The topological polar surface area (TPSA) is 34.1 Å². The molecule has 1 aromatic heterocycles. The summed E-state index contributed by atoms with van der Waals surface area (Å²) in [5.74, 6) is 1.57. The van der Waals surface area contributed by atoms with Crippen LogP contribution in [-0.2, 0) is 0 Å². The molecule has 0 aliphatic carbocycles. The van der Waals surface area contributed by atoms with E-state index in [2.05, 4.69) is 11.4 Å². The lowest BCUT2D eigenvalue weighted by Crippen LogP contribution is -2.20. The first-order chi connectivity index (χ1) is 13.2. The van der Waals surface area contributed by atoms with Gasteiger partial charge in [-0.1, -0.05) is 29.8 Å². The third-order valence-corrected chi connectivity index (χ3v) is 5.74. The van der Waals surface area contributed by atoms with Gasteiger partial charge in [0.05, 0.1) is 42.1 Å². The Morgan fingerprint density at radius 1 is 1.04 bits per heavy atom. The molecule has 4 nitrogen and oxygen atoms in total. The zero-order valence-electron chi connectivity index (χ0n) is 15.1. The Morgan fingerprint density at radius 3 is 2.41 bits per heavy atom. The van der Waals surface area contributed by atoms with Gasteiger partial charge in [-0.2, -0.15) is 5.10 Å². The number of hydrogen-bond donors (Lipinski definition) is 0. The summed E-state index contributed by atoms with van der Waals surface area (Å²) in [5.41, 5.74) is 2.97. The van der Waals surface area contributed by atoms with Crippen molar-refractivity contribution in [2.75, 3.05) is 19.2 Å². The molecular weight excluding hydrogens is 380 g/mol. The van der Waals surface area contributed by atoms with Gasteiger partial charge in [0.25, 0.3) is 0 Å². The molecule has 2 heterocycles. The molecule has 3 aromatic rings. The average molecular weight is 399 g/mol. The second kappa shape index (κ2) is 7.62. The molecule has 4 rings (SSSR count). The highest BCUT2D eigenvalue weighted by atomic mass is 35.5. The van der Waals surface area contributed by atoms with E-state index in [0.29, 0.717) is 5.02 Å². The van der Waals surface area contributed by atoms with Crippen LogP contribution in [0, 0.1) is 0 Å². The van der Waals surface area contributed by atoms with Crippen molar-refractivity contribution in [1.29, 1.82) is 0 Å². The van der Waals surface area contributed by atoms with Crippen molar-refractivity contribution in [3.05, 3.63) is 75.4 Å². The molecule has 0 N–H and O–H groups in total. The molecule has 2 aromatic carbocycles. The molecule has 0 bridgehead atoms. The highest BCUT2D eigenvalue weighted by Gasteiger charge is 2.34. The summed E-state index contributed by atoms with van der Waals surface area (Å²) in [4.78, 5) is 1.17. The second-order valence-electron chi connectivity index (χ2n) is 6.14. The number of hydrazone groups is 1. The maximum atomic E-state index is 6.25. The van der Waals surface area contributed by atoms with Crippen LogP contribution in [0.25, 0.3) is 0 Å². The third kappa shape index (κ3) is 3.40. The average Bonchev–Trinajstić information content (AvgIpc) is 3.37. The molecule has 0 saturated carbocycles. The molecule has 1 unspecified atom stereocenters. The van der Waals surface area contributed by atoms with Crippen LogP contribution in [0.4, 0.5) is 5.69 Å². The first kappa shape index (κ1) is 17.9. The van der Waals surface area contributed by atoms with Gasteiger partial charge in [0.1, 0.15) is 11.5 Å². The van der Waals surface area contributed by atoms with Gasteiger partial charge in [0.15, 0.2) is 0 Å². The molecule has 27 heavy (non-hydrogen) atoms. The van der Waals surface area contributed by atoms with Crippen molar-refractivity contribution in [3.8, 4) is 11.5 Å². The fraction of sp³-hybridized carbons (Fsp3) is 0.190. The largest absolute Gasteiger partial charge is 0.496 e. The number of rotatable bonds is 5. The van der Waals surface area contributed by atoms with E-state index in [0.717, 1.165) is 34.9 Å². The van der Waals surface area contributed by atoms with Gasteiger partial charge >= 0.3 is 0 Å². The standard InChI is InChI=1S/C21H19ClN2O2S/c1-25-18-8-4-9-19(26-2)21(18)17-13-16(20-10-5-11-27-20)23-24(17)15-7-3-6-14(22)12-15/h3-12,17H,13H2,1-2H3. The molecule has 0 saturated heterocycles. The Balaban J connectivity index is 1.84. The monoisotopic (exact) mass is 398 g/mol. The molecular formula is C21H19ClN2O2S. The Kier molecular flexibility index (Phi) is 5.05. The van der Waals surface area contributed by atoms with Gasteiger partial charge in [-0.25, -0.2) is 0 Å². The Hall–Kier alpha value is -2.50. The van der Waals surface area contributed by atoms with Crippen LogP contribution in [0.3, 0.4) is 0 Å². The van der Waals surface area contributed by atoms with Gasteiger partial charge in [0, 0.05) is 11.4 Å². The number of hydrogen-bond acceptors (Lipinski definition) is 5. The quantitative estimate of drug-likeness (QED) is 0.546. The summed E-state index contributed by atoms with van der Waals surface area (Å²) in [6, 6.07) is 17.7. The summed E-state index contributed by atoms with van der Waals surface area (Å²) in [6.07, 6.45) is 0.754. The zero-order chi connectivity index (χ0) is 18.8. The maximum absolute atomic E-state index is 6.25. The van der Waals surface area contributed by atoms with Crippen molar-refractivity contribution in [3.63, 3.8) is 0 Å². The first-order valence-electron chi connectivity index (χ1n) is 8.58. The zero-order valence-corrected chi connectivity index (χ0v) is 16.6. The predicted molar refractivity (Wildman–Crippen MR) is 112 cm³/mol. The van der Waals surface area contributed by atoms with Crippen LogP contribution >= 0.6 is 22.9 Å². The van der Waals surface area contributed by atoms with E-state index in [4.69, 9.17) is 26.2 Å². The number of benzene rings is 2. The lowest BCUT2D eigenvalue weighted by molar-refractivity contribution is 0.379. The van der Waals surface area contributed by atoms with Crippen molar-refractivity contribution < 1.29 is 9.47 Å². The SMILES string of the molecule is COc1cccc(OC)c1C1CC(c2cccs2)=NN1c1cccc(Cl)c1. The molecule has 1 atom stereocenters. The Bertz CT molecular complexity index is 950. The van der Waals surface area contributed by atoms with Crippen LogP contribution in [0.5, 0.6) is 11.5 Å². The maximum Gasteiger partial charge on any atom is 0.127 e. The summed E-state index contributed by atoms with van der Waals surface area (Å²) >= 11 is 7.94. The molecule has 1 aliphatic heterocycles. The summed E-state index contributed by atoms with van der Waals surface area (Å²) in [5, 5.41) is 9.70. The van der Waals surface area contributed by atoms with E-state index in [1.165, 1.54) is 4.88 Å². The highest BCUT2D eigenvalue weighted by molar-refractivity contribution is 7.12. The van der Waals surface area contributed by atoms with Crippen LogP contribution in [0.15, 0.2) is 65.1 Å². The molecule has 0 amide bonds. The predicted octanol–water partition coefficient (Wildman–Crippen LogP) is 5.77. The molecule has 0 spiro atoms. The molecule has 1 aliphatic rings. The van der Waals surface area contributed by atoms with E-state index >= 15 is 0 Å². The minimum absolute atomic E-state index is 0.0494.